The molecule has 1 aliphatic rings. The Kier molecular flexibility index (Phi) is 4.98. The van der Waals surface area contributed by atoms with Crippen LogP contribution in [0.1, 0.15) is 18.9 Å². The Bertz CT molecular complexity index is 1260. The van der Waals surface area contributed by atoms with Crippen molar-refractivity contribution in [3.05, 3.63) is 71.6 Å². The average Bonchev–Trinajstić information content (AvgIpc) is 3.24. The fourth-order valence-corrected chi connectivity index (χ4v) is 3.75. The molecule has 3 N–H and O–H groups in total. The Hall–Kier alpha value is -4.07. The van der Waals surface area contributed by atoms with E-state index in [1.807, 2.05) is 6.07 Å². The lowest BCUT2D eigenvalue weighted by molar-refractivity contribution is -0.144. The molecule has 8 nitrogen and oxygen atoms in total. The van der Waals surface area contributed by atoms with Gasteiger partial charge in [-0.3, -0.25) is 9.89 Å². The van der Waals surface area contributed by atoms with Crippen molar-refractivity contribution < 1.29 is 29.3 Å². The number of nitrogens with one attached hydrogen (secondary N) is 1. The maximum atomic E-state index is 12.3. The number of hydrogen-bond donors (Lipinski definition) is 3. The van der Waals surface area contributed by atoms with Crippen molar-refractivity contribution in [3.63, 3.8) is 0 Å². The van der Waals surface area contributed by atoms with Crippen LogP contribution in [0.3, 0.4) is 0 Å². The Labute approximate surface area is 177 Å². The van der Waals surface area contributed by atoms with Crippen LogP contribution in [0.5, 0.6) is 11.5 Å². The van der Waals surface area contributed by atoms with Crippen molar-refractivity contribution >= 4 is 28.4 Å². The van der Waals surface area contributed by atoms with Crippen LogP contribution >= 0.6 is 0 Å². The van der Waals surface area contributed by atoms with Gasteiger partial charge in [-0.1, -0.05) is 18.2 Å². The number of benzene rings is 2. The first-order chi connectivity index (χ1) is 14.8. The van der Waals surface area contributed by atoms with Gasteiger partial charge in [0.2, 0.25) is 0 Å². The summed E-state index contributed by atoms with van der Waals surface area (Å²) < 4.78 is 11.1. The molecule has 8 heteroatoms. The van der Waals surface area contributed by atoms with Gasteiger partial charge in [-0.15, -0.1) is 0 Å². The number of aromatic amines is 1. The van der Waals surface area contributed by atoms with Gasteiger partial charge in [0, 0.05) is 17.9 Å². The number of aromatic nitrogens is 2. The molecule has 1 atom stereocenters. The minimum absolute atomic E-state index is 0.0787. The summed E-state index contributed by atoms with van der Waals surface area (Å²) in [4.78, 5) is 24.3. The maximum Gasteiger partial charge on any atom is 0.335 e. The van der Waals surface area contributed by atoms with E-state index in [2.05, 4.69) is 10.2 Å². The third kappa shape index (κ3) is 3.52. The summed E-state index contributed by atoms with van der Waals surface area (Å²) in [6.07, 6.45) is 2.88. The van der Waals surface area contributed by atoms with Gasteiger partial charge >= 0.3 is 11.9 Å². The summed E-state index contributed by atoms with van der Waals surface area (Å²) in [7, 11) is 1.52. The number of allylic oxidation sites excluding steroid dienone is 1. The normalized spacial score (nSPS) is 18.6. The van der Waals surface area contributed by atoms with Gasteiger partial charge in [0.15, 0.2) is 0 Å². The lowest BCUT2D eigenvalue weighted by Crippen LogP contribution is -2.34. The predicted molar refractivity (Wildman–Crippen MR) is 113 cm³/mol. The quantitative estimate of drug-likeness (QED) is 0.553. The molecule has 0 fully saturated rings. The summed E-state index contributed by atoms with van der Waals surface area (Å²) in [5.41, 5.74) is 0.244. The van der Waals surface area contributed by atoms with Crippen molar-refractivity contribution in [3.8, 4) is 11.5 Å². The van der Waals surface area contributed by atoms with Crippen LogP contribution in [-0.2, 0) is 9.59 Å². The number of carboxylic acids is 2. The lowest BCUT2D eigenvalue weighted by atomic mass is 9.70. The monoisotopic (exact) mass is 420 g/mol. The smallest absolute Gasteiger partial charge is 0.335 e. The molecule has 1 heterocycles. The number of methoxy groups -OCH3 is 1. The van der Waals surface area contributed by atoms with Crippen LogP contribution in [0.15, 0.2) is 66.1 Å². The van der Waals surface area contributed by atoms with Crippen LogP contribution in [0.4, 0.5) is 0 Å². The third-order valence-corrected chi connectivity index (χ3v) is 5.47. The van der Waals surface area contributed by atoms with E-state index < -0.39 is 17.4 Å². The number of ether oxygens (including phenoxy) is 2. The van der Waals surface area contributed by atoms with Crippen molar-refractivity contribution in [1.82, 2.24) is 10.2 Å². The summed E-state index contributed by atoms with van der Waals surface area (Å²) in [6, 6.07) is 12.2. The first kappa shape index (κ1) is 20.2. The number of rotatable bonds is 6. The summed E-state index contributed by atoms with van der Waals surface area (Å²) in [5.74, 6) is -1.35. The van der Waals surface area contributed by atoms with Gasteiger partial charge in [-0.2, -0.15) is 5.10 Å². The van der Waals surface area contributed by atoms with E-state index >= 15 is 0 Å². The van der Waals surface area contributed by atoms with Gasteiger partial charge in [0.1, 0.15) is 17.3 Å². The second kappa shape index (κ2) is 7.64. The highest BCUT2D eigenvalue weighted by Gasteiger charge is 2.44. The number of H-pyrrole nitrogens is 1. The molecule has 0 bridgehead atoms. The molecule has 1 unspecified atom stereocenters. The van der Waals surface area contributed by atoms with Gasteiger partial charge in [-0.05, 0) is 42.3 Å². The summed E-state index contributed by atoms with van der Waals surface area (Å²) in [6.45, 7) is 1.52. The van der Waals surface area contributed by atoms with Gasteiger partial charge in [-0.25, -0.2) is 4.79 Å². The van der Waals surface area contributed by atoms with Crippen LogP contribution < -0.4 is 9.47 Å². The Balaban J connectivity index is 1.91. The first-order valence-corrected chi connectivity index (χ1v) is 9.50. The SMILES string of the molecule is COc1cccc(OC2=C(C(=O)O)CC(C)(C(=O)O)C(c3cccc4[nH]ncc34)=C2)c1. The van der Waals surface area contributed by atoms with E-state index in [-0.39, 0.29) is 17.8 Å². The first-order valence-electron chi connectivity index (χ1n) is 9.50. The highest BCUT2D eigenvalue weighted by Crippen LogP contribution is 2.47. The predicted octanol–water partition coefficient (Wildman–Crippen LogP) is 3.87. The molecule has 3 aromatic rings. The fourth-order valence-electron chi connectivity index (χ4n) is 3.75. The maximum absolute atomic E-state index is 12.3. The Morgan fingerprint density at radius 3 is 2.58 bits per heavy atom. The summed E-state index contributed by atoms with van der Waals surface area (Å²) >= 11 is 0. The molecular formula is C23H20N2O6. The van der Waals surface area contributed by atoms with E-state index in [0.717, 1.165) is 10.9 Å². The molecule has 2 aromatic carbocycles. The highest BCUT2D eigenvalue weighted by atomic mass is 16.5. The van der Waals surface area contributed by atoms with Crippen molar-refractivity contribution in [1.29, 1.82) is 0 Å². The number of fused-ring (bicyclic) bond motifs is 1. The van der Waals surface area contributed by atoms with E-state index in [1.165, 1.54) is 20.1 Å². The zero-order valence-corrected chi connectivity index (χ0v) is 16.9. The van der Waals surface area contributed by atoms with E-state index in [9.17, 15) is 19.8 Å². The third-order valence-electron chi connectivity index (χ3n) is 5.47. The van der Waals surface area contributed by atoms with Crippen LogP contribution in [-0.4, -0.2) is 39.5 Å². The Morgan fingerprint density at radius 2 is 1.87 bits per heavy atom. The molecule has 1 aromatic heterocycles. The molecule has 158 valence electrons. The van der Waals surface area contributed by atoms with Crippen LogP contribution in [0.2, 0.25) is 0 Å². The molecule has 0 amide bonds. The minimum atomic E-state index is -1.47. The lowest BCUT2D eigenvalue weighted by Gasteiger charge is -2.33. The zero-order valence-electron chi connectivity index (χ0n) is 16.9. The standard InChI is InChI=1S/C23H20N2O6/c1-23(22(28)29)11-16(21(26)27)20(31-14-6-3-5-13(9-14)30-2)10-18(23)15-7-4-8-19-17(15)12-24-25-19/h3-10,12H,11H2,1-2H3,(H,24,25)(H,26,27)(H,28,29). The highest BCUT2D eigenvalue weighted by molar-refractivity contribution is 6.03. The number of carbonyl (C=O) groups is 2. The molecule has 31 heavy (non-hydrogen) atoms. The fraction of sp³-hybridized carbons (Fsp3) is 0.174. The van der Waals surface area contributed by atoms with E-state index in [0.29, 0.717) is 22.6 Å². The second-order valence-corrected chi connectivity index (χ2v) is 7.44. The molecular weight excluding hydrogens is 400 g/mol. The van der Waals surface area contributed by atoms with Gasteiger partial charge in [0.25, 0.3) is 0 Å². The average molecular weight is 420 g/mol. The molecule has 1 aliphatic carbocycles. The minimum Gasteiger partial charge on any atom is -0.497 e. The second-order valence-electron chi connectivity index (χ2n) is 7.44. The number of aliphatic carboxylic acids is 2. The van der Waals surface area contributed by atoms with E-state index in [4.69, 9.17) is 9.47 Å². The van der Waals surface area contributed by atoms with Crippen LogP contribution in [0, 0.1) is 5.41 Å². The molecule has 0 aliphatic heterocycles. The molecule has 0 radical (unpaired) electrons. The van der Waals surface area contributed by atoms with Crippen molar-refractivity contribution in [2.45, 2.75) is 13.3 Å². The van der Waals surface area contributed by atoms with Gasteiger partial charge < -0.3 is 19.7 Å². The largest absolute Gasteiger partial charge is 0.497 e. The number of carboxylic acid groups (broad SMARTS) is 2. The Morgan fingerprint density at radius 1 is 1.13 bits per heavy atom. The van der Waals surface area contributed by atoms with Crippen molar-refractivity contribution in [2.75, 3.05) is 7.11 Å². The topological polar surface area (TPSA) is 122 Å². The molecule has 0 spiro atoms. The molecule has 0 saturated carbocycles. The van der Waals surface area contributed by atoms with E-state index in [1.54, 1.807) is 42.6 Å². The molecule has 4 rings (SSSR count). The number of nitrogens with zero attached hydrogens (tertiary/aromatic N) is 1. The van der Waals surface area contributed by atoms with Crippen molar-refractivity contribution in [2.24, 2.45) is 5.41 Å². The zero-order chi connectivity index (χ0) is 22.2. The van der Waals surface area contributed by atoms with Gasteiger partial charge in [0.05, 0.1) is 29.8 Å². The summed E-state index contributed by atoms with van der Waals surface area (Å²) in [5, 5.41) is 27.5. The number of hydrogen-bond acceptors (Lipinski definition) is 5. The van der Waals surface area contributed by atoms with Crippen LogP contribution in [0.25, 0.3) is 16.5 Å². The molecule has 0 saturated heterocycles.